The molecule has 0 heterocycles. The molecule has 2 rings (SSSR count). The number of sulfonamides is 1. The number of hydrazone groups is 1. The van der Waals surface area contributed by atoms with Gasteiger partial charge in [0.05, 0.1) is 29.7 Å². The van der Waals surface area contributed by atoms with Crippen LogP contribution in [0.15, 0.2) is 52.5 Å². The molecule has 0 bridgehead atoms. The highest BCUT2D eigenvalue weighted by Gasteiger charge is 2.23. The maximum atomic E-state index is 12.6. The highest BCUT2D eigenvalue weighted by atomic mass is 32.2. The first-order valence-corrected chi connectivity index (χ1v) is 9.76. The molecule has 0 aliphatic rings. The largest absolute Gasteiger partial charge is 0.496 e. The van der Waals surface area contributed by atoms with Crippen molar-refractivity contribution in [3.8, 4) is 5.75 Å². The molecule has 1 amide bonds. The molecular formula is C18H20N4O6S. The van der Waals surface area contributed by atoms with Crippen LogP contribution in [0, 0.1) is 17.0 Å². The van der Waals surface area contributed by atoms with Gasteiger partial charge in [0.15, 0.2) is 0 Å². The van der Waals surface area contributed by atoms with Crippen molar-refractivity contribution in [2.24, 2.45) is 5.10 Å². The first kappa shape index (κ1) is 22.0. The molecule has 29 heavy (non-hydrogen) atoms. The molecule has 10 nitrogen and oxygen atoms in total. The van der Waals surface area contributed by atoms with Crippen molar-refractivity contribution in [2.45, 2.75) is 11.8 Å². The summed E-state index contributed by atoms with van der Waals surface area (Å²) in [5.74, 6) is -0.108. The van der Waals surface area contributed by atoms with Crippen LogP contribution in [0.5, 0.6) is 5.75 Å². The minimum absolute atomic E-state index is 0.0335. The van der Waals surface area contributed by atoms with Gasteiger partial charge in [0.1, 0.15) is 5.75 Å². The third-order valence-corrected chi connectivity index (χ3v) is 5.72. The summed E-state index contributed by atoms with van der Waals surface area (Å²) >= 11 is 0. The molecule has 0 aromatic heterocycles. The highest BCUT2D eigenvalue weighted by Crippen LogP contribution is 2.23. The van der Waals surface area contributed by atoms with Crippen LogP contribution in [0.3, 0.4) is 0 Å². The summed E-state index contributed by atoms with van der Waals surface area (Å²) in [5.41, 5.74) is 3.15. The van der Waals surface area contributed by atoms with E-state index in [4.69, 9.17) is 4.74 Å². The van der Waals surface area contributed by atoms with Crippen LogP contribution in [0.2, 0.25) is 0 Å². The molecule has 11 heteroatoms. The number of rotatable bonds is 8. The number of hydrogen-bond acceptors (Lipinski definition) is 7. The second-order valence-electron chi connectivity index (χ2n) is 6.04. The third-order valence-electron chi connectivity index (χ3n) is 3.92. The first-order valence-electron chi connectivity index (χ1n) is 8.32. The maximum absolute atomic E-state index is 12.6. The van der Waals surface area contributed by atoms with E-state index in [0.29, 0.717) is 16.9 Å². The topological polar surface area (TPSA) is 131 Å². The lowest BCUT2D eigenvalue weighted by molar-refractivity contribution is -0.384. The second-order valence-corrected chi connectivity index (χ2v) is 8.08. The van der Waals surface area contributed by atoms with Crippen LogP contribution in [-0.4, -0.2) is 50.5 Å². The molecule has 0 fully saturated rings. The number of carbonyl (C=O) groups is 1. The fourth-order valence-electron chi connectivity index (χ4n) is 2.41. The summed E-state index contributed by atoms with van der Waals surface area (Å²) in [5, 5.41) is 14.4. The SMILES string of the molecule is COc1ccc(S(=O)(=O)N(C)CC(=O)N/N=C/c2cccc([N+](=O)[O-])c2)cc1C. The lowest BCUT2D eigenvalue weighted by atomic mass is 10.2. The molecule has 1 N–H and O–H groups in total. The van der Waals surface area contributed by atoms with E-state index in [0.717, 1.165) is 4.31 Å². The Morgan fingerprint density at radius 1 is 1.31 bits per heavy atom. The Hall–Kier alpha value is -3.31. The van der Waals surface area contributed by atoms with Crippen molar-refractivity contribution in [1.29, 1.82) is 0 Å². The molecule has 0 atom stereocenters. The summed E-state index contributed by atoms with van der Waals surface area (Å²) in [6.45, 7) is 1.26. The van der Waals surface area contributed by atoms with E-state index in [1.807, 2.05) is 0 Å². The van der Waals surface area contributed by atoms with Gasteiger partial charge in [-0.2, -0.15) is 9.41 Å². The molecule has 0 saturated heterocycles. The van der Waals surface area contributed by atoms with Crippen LogP contribution >= 0.6 is 0 Å². The van der Waals surface area contributed by atoms with Crippen molar-refractivity contribution >= 4 is 27.8 Å². The summed E-state index contributed by atoms with van der Waals surface area (Å²) in [6, 6.07) is 10.1. The van der Waals surface area contributed by atoms with Crippen LogP contribution in [0.4, 0.5) is 5.69 Å². The predicted octanol–water partition coefficient (Wildman–Crippen LogP) is 1.68. The number of likely N-dealkylation sites (N-methyl/N-ethyl adjacent to an activating group) is 1. The Labute approximate surface area is 168 Å². The molecule has 0 radical (unpaired) electrons. The Balaban J connectivity index is 2.01. The Morgan fingerprint density at radius 2 is 2.03 bits per heavy atom. The van der Waals surface area contributed by atoms with Gasteiger partial charge < -0.3 is 4.74 Å². The average Bonchev–Trinajstić information content (AvgIpc) is 2.68. The zero-order chi connectivity index (χ0) is 21.6. The summed E-state index contributed by atoms with van der Waals surface area (Å²) in [6.07, 6.45) is 1.23. The fourth-order valence-corrected chi connectivity index (χ4v) is 3.62. The molecule has 154 valence electrons. The maximum Gasteiger partial charge on any atom is 0.270 e. The van der Waals surface area contributed by atoms with E-state index in [1.165, 1.54) is 50.7 Å². The normalized spacial score (nSPS) is 11.6. The number of hydrogen-bond donors (Lipinski definition) is 1. The number of nitro benzene ring substituents is 1. The number of benzene rings is 2. The fraction of sp³-hybridized carbons (Fsp3) is 0.222. The monoisotopic (exact) mass is 420 g/mol. The van der Waals surface area contributed by atoms with Gasteiger partial charge in [-0.15, -0.1) is 0 Å². The van der Waals surface area contributed by atoms with Gasteiger partial charge in [-0.3, -0.25) is 14.9 Å². The van der Waals surface area contributed by atoms with Gasteiger partial charge in [0.2, 0.25) is 10.0 Å². The van der Waals surface area contributed by atoms with Gasteiger partial charge in [0, 0.05) is 24.7 Å². The number of nitrogens with zero attached hydrogens (tertiary/aromatic N) is 3. The first-order chi connectivity index (χ1) is 13.6. The van der Waals surface area contributed by atoms with E-state index < -0.39 is 27.4 Å². The smallest absolute Gasteiger partial charge is 0.270 e. The van der Waals surface area contributed by atoms with E-state index in [2.05, 4.69) is 10.5 Å². The molecular weight excluding hydrogens is 400 g/mol. The van der Waals surface area contributed by atoms with Crippen molar-refractivity contribution in [1.82, 2.24) is 9.73 Å². The van der Waals surface area contributed by atoms with Gasteiger partial charge >= 0.3 is 0 Å². The summed E-state index contributed by atoms with van der Waals surface area (Å²) in [7, 11) is -1.12. The highest BCUT2D eigenvalue weighted by molar-refractivity contribution is 7.89. The number of nitrogens with one attached hydrogen (secondary N) is 1. The zero-order valence-corrected chi connectivity index (χ0v) is 16.8. The number of ether oxygens (including phenoxy) is 1. The van der Waals surface area contributed by atoms with E-state index in [-0.39, 0.29) is 10.6 Å². The van der Waals surface area contributed by atoms with Crippen molar-refractivity contribution < 1.29 is 22.9 Å². The second kappa shape index (κ2) is 9.26. The Morgan fingerprint density at radius 3 is 2.66 bits per heavy atom. The van der Waals surface area contributed by atoms with Crippen molar-refractivity contribution in [3.05, 3.63) is 63.7 Å². The van der Waals surface area contributed by atoms with E-state index >= 15 is 0 Å². The van der Waals surface area contributed by atoms with Crippen LogP contribution in [0.1, 0.15) is 11.1 Å². The molecule has 2 aromatic carbocycles. The van der Waals surface area contributed by atoms with Gasteiger partial charge in [-0.05, 0) is 30.7 Å². The molecule has 0 unspecified atom stereocenters. The Bertz CT molecular complexity index is 1050. The molecule has 2 aromatic rings. The van der Waals surface area contributed by atoms with Crippen molar-refractivity contribution in [3.63, 3.8) is 0 Å². The molecule has 0 aliphatic heterocycles. The minimum Gasteiger partial charge on any atom is -0.496 e. The Kier molecular flexibility index (Phi) is 7.02. The predicted molar refractivity (Wildman–Crippen MR) is 106 cm³/mol. The number of carbonyl (C=O) groups excluding carboxylic acids is 1. The minimum atomic E-state index is -3.88. The molecule has 0 aliphatic carbocycles. The number of aryl methyl sites for hydroxylation is 1. The number of non-ortho nitro benzene ring substituents is 1. The van der Waals surface area contributed by atoms with E-state index in [1.54, 1.807) is 19.1 Å². The van der Waals surface area contributed by atoms with Crippen molar-refractivity contribution in [2.75, 3.05) is 20.7 Å². The lowest BCUT2D eigenvalue weighted by Crippen LogP contribution is -2.36. The number of amides is 1. The van der Waals surface area contributed by atoms with E-state index in [9.17, 15) is 23.3 Å². The summed E-state index contributed by atoms with van der Waals surface area (Å²) < 4.78 is 31.2. The molecule has 0 saturated carbocycles. The van der Waals surface area contributed by atoms with Crippen LogP contribution in [-0.2, 0) is 14.8 Å². The zero-order valence-electron chi connectivity index (χ0n) is 16.0. The molecule has 0 spiro atoms. The van der Waals surface area contributed by atoms with Gasteiger partial charge in [-0.25, -0.2) is 13.8 Å². The standard InChI is InChI=1S/C18H20N4O6S/c1-13-9-16(7-8-17(13)28-3)29(26,27)21(2)12-18(23)20-19-11-14-5-4-6-15(10-14)22(24)25/h4-11H,12H2,1-3H3,(H,20,23)/b19-11+. The van der Waals surface area contributed by atoms with Gasteiger partial charge in [-0.1, -0.05) is 12.1 Å². The number of nitro groups is 1. The van der Waals surface area contributed by atoms with Gasteiger partial charge in [0.25, 0.3) is 11.6 Å². The quantitative estimate of drug-likeness (QED) is 0.393. The van der Waals surface area contributed by atoms with Crippen LogP contribution < -0.4 is 10.2 Å². The number of methoxy groups -OCH3 is 1. The van der Waals surface area contributed by atoms with Crippen LogP contribution in [0.25, 0.3) is 0 Å². The lowest BCUT2D eigenvalue weighted by Gasteiger charge is -2.17. The summed E-state index contributed by atoms with van der Waals surface area (Å²) in [4.78, 5) is 22.2. The third kappa shape index (κ3) is 5.59. The average molecular weight is 420 g/mol.